The molecule has 1 fully saturated rings. The molecule has 0 aromatic carbocycles. The molecule has 0 saturated heterocycles. The summed E-state index contributed by atoms with van der Waals surface area (Å²) in [5.41, 5.74) is 2.55. The number of hydrogen-bond acceptors (Lipinski definition) is 1. The van der Waals surface area contributed by atoms with E-state index in [0.29, 0.717) is 5.92 Å². The molecule has 72 valence electrons. The largest absolute Gasteiger partial charge is 0.269 e. The van der Waals surface area contributed by atoms with E-state index < -0.39 is 0 Å². The number of rotatable bonds is 3. The first-order valence-electron chi connectivity index (χ1n) is 5.21. The van der Waals surface area contributed by atoms with Crippen LogP contribution in [-0.2, 0) is 6.54 Å². The maximum atomic E-state index is 4.53. The zero-order valence-corrected chi connectivity index (χ0v) is 8.75. The van der Waals surface area contributed by atoms with Gasteiger partial charge in [-0.15, -0.1) is 0 Å². The summed E-state index contributed by atoms with van der Waals surface area (Å²) in [7, 11) is 0. The van der Waals surface area contributed by atoms with Gasteiger partial charge < -0.3 is 0 Å². The molecular weight excluding hydrogens is 160 g/mol. The summed E-state index contributed by atoms with van der Waals surface area (Å²) in [6.07, 6.45) is 2.80. The average Bonchev–Trinajstić information content (AvgIpc) is 2.75. The lowest BCUT2D eigenvalue weighted by Crippen LogP contribution is -2.07. The zero-order chi connectivity index (χ0) is 9.42. The zero-order valence-electron chi connectivity index (χ0n) is 8.75. The maximum Gasteiger partial charge on any atom is 0.0596 e. The summed E-state index contributed by atoms with van der Waals surface area (Å²) < 4.78 is 2.21. The molecule has 0 radical (unpaired) electrons. The standard InChI is InChI=1S/C11H18N2/c1-8(2)11-6-9(3)12-13(11)7-10-4-5-10/h6,8,10H,4-5,7H2,1-3H3. The molecule has 13 heavy (non-hydrogen) atoms. The lowest BCUT2D eigenvalue weighted by atomic mass is 10.1. The predicted molar refractivity (Wildman–Crippen MR) is 53.8 cm³/mol. The van der Waals surface area contributed by atoms with Gasteiger partial charge in [-0.3, -0.25) is 4.68 Å². The minimum Gasteiger partial charge on any atom is -0.269 e. The second kappa shape index (κ2) is 3.17. The van der Waals surface area contributed by atoms with Gasteiger partial charge in [0.2, 0.25) is 0 Å². The van der Waals surface area contributed by atoms with E-state index >= 15 is 0 Å². The van der Waals surface area contributed by atoms with Crippen molar-refractivity contribution in [1.29, 1.82) is 0 Å². The molecule has 0 aliphatic heterocycles. The number of nitrogens with zero attached hydrogens (tertiary/aromatic N) is 2. The first-order chi connectivity index (χ1) is 6.16. The van der Waals surface area contributed by atoms with E-state index in [-0.39, 0.29) is 0 Å². The number of aryl methyl sites for hydroxylation is 1. The molecule has 0 bridgehead atoms. The van der Waals surface area contributed by atoms with E-state index in [9.17, 15) is 0 Å². The Bertz CT molecular complexity index is 295. The van der Waals surface area contributed by atoms with Crippen molar-refractivity contribution in [3.8, 4) is 0 Å². The van der Waals surface area contributed by atoms with Crippen molar-refractivity contribution in [2.45, 2.75) is 46.1 Å². The second-order valence-corrected chi connectivity index (χ2v) is 4.49. The molecule has 0 unspecified atom stereocenters. The maximum absolute atomic E-state index is 4.53. The highest BCUT2D eigenvalue weighted by molar-refractivity contribution is 5.12. The highest BCUT2D eigenvalue weighted by atomic mass is 15.3. The van der Waals surface area contributed by atoms with E-state index in [0.717, 1.165) is 18.2 Å². The third kappa shape index (κ3) is 1.93. The summed E-state index contributed by atoms with van der Waals surface area (Å²) >= 11 is 0. The first-order valence-corrected chi connectivity index (χ1v) is 5.21. The molecule has 0 spiro atoms. The minimum atomic E-state index is 0.597. The fraction of sp³-hybridized carbons (Fsp3) is 0.727. The van der Waals surface area contributed by atoms with Crippen molar-refractivity contribution in [3.63, 3.8) is 0 Å². The van der Waals surface area contributed by atoms with Gasteiger partial charge in [0.15, 0.2) is 0 Å². The van der Waals surface area contributed by atoms with Crippen molar-refractivity contribution in [1.82, 2.24) is 9.78 Å². The van der Waals surface area contributed by atoms with Gasteiger partial charge in [0, 0.05) is 12.2 Å². The average molecular weight is 178 g/mol. The van der Waals surface area contributed by atoms with Crippen molar-refractivity contribution >= 4 is 0 Å². The summed E-state index contributed by atoms with van der Waals surface area (Å²) in [5.74, 6) is 1.51. The van der Waals surface area contributed by atoms with E-state index in [1.54, 1.807) is 0 Å². The predicted octanol–water partition coefficient (Wildman–Crippen LogP) is 2.72. The third-order valence-corrected chi connectivity index (χ3v) is 2.65. The van der Waals surface area contributed by atoms with Crippen LogP contribution in [0, 0.1) is 12.8 Å². The van der Waals surface area contributed by atoms with Crippen molar-refractivity contribution in [2.75, 3.05) is 0 Å². The van der Waals surface area contributed by atoms with Gasteiger partial charge in [-0.25, -0.2) is 0 Å². The van der Waals surface area contributed by atoms with Crippen molar-refractivity contribution < 1.29 is 0 Å². The van der Waals surface area contributed by atoms with Crippen LogP contribution >= 0.6 is 0 Å². The van der Waals surface area contributed by atoms with Crippen molar-refractivity contribution in [3.05, 3.63) is 17.5 Å². The van der Waals surface area contributed by atoms with E-state index in [2.05, 4.69) is 36.6 Å². The van der Waals surface area contributed by atoms with Crippen LogP contribution in [-0.4, -0.2) is 9.78 Å². The molecule has 1 heterocycles. The first kappa shape index (κ1) is 8.79. The minimum absolute atomic E-state index is 0.597. The van der Waals surface area contributed by atoms with Crippen LogP contribution < -0.4 is 0 Å². The fourth-order valence-corrected chi connectivity index (χ4v) is 1.72. The molecule has 2 heteroatoms. The molecule has 1 aliphatic rings. The van der Waals surface area contributed by atoms with Crippen LogP contribution in [0.4, 0.5) is 0 Å². The van der Waals surface area contributed by atoms with Crippen molar-refractivity contribution in [2.24, 2.45) is 5.92 Å². The normalized spacial score (nSPS) is 16.9. The summed E-state index contributed by atoms with van der Waals surface area (Å²) in [5, 5.41) is 4.53. The van der Waals surface area contributed by atoms with E-state index in [1.807, 2.05) is 0 Å². The topological polar surface area (TPSA) is 17.8 Å². The van der Waals surface area contributed by atoms with E-state index in [4.69, 9.17) is 0 Å². The fourth-order valence-electron chi connectivity index (χ4n) is 1.72. The van der Waals surface area contributed by atoms with Gasteiger partial charge in [-0.2, -0.15) is 5.10 Å². The van der Waals surface area contributed by atoms with Gasteiger partial charge in [0.1, 0.15) is 0 Å². The summed E-state index contributed by atoms with van der Waals surface area (Å²) in [6.45, 7) is 7.69. The Morgan fingerprint density at radius 1 is 1.54 bits per heavy atom. The number of aromatic nitrogens is 2. The second-order valence-electron chi connectivity index (χ2n) is 4.49. The third-order valence-electron chi connectivity index (χ3n) is 2.65. The highest BCUT2D eigenvalue weighted by Crippen LogP contribution is 2.31. The molecular formula is C11H18N2. The molecule has 2 rings (SSSR count). The molecule has 2 nitrogen and oxygen atoms in total. The molecule has 1 saturated carbocycles. The smallest absolute Gasteiger partial charge is 0.0596 e. The molecule has 1 aromatic rings. The summed E-state index contributed by atoms with van der Waals surface area (Å²) in [6, 6.07) is 2.22. The Labute approximate surface area is 80.0 Å². The van der Waals surface area contributed by atoms with Crippen LogP contribution in [0.25, 0.3) is 0 Å². The SMILES string of the molecule is Cc1cc(C(C)C)n(CC2CC2)n1. The molecule has 0 amide bonds. The van der Waals surface area contributed by atoms with Crippen LogP contribution in [0.3, 0.4) is 0 Å². The Morgan fingerprint density at radius 2 is 2.23 bits per heavy atom. The quantitative estimate of drug-likeness (QED) is 0.696. The Balaban J connectivity index is 2.19. The lowest BCUT2D eigenvalue weighted by Gasteiger charge is -2.08. The Kier molecular flexibility index (Phi) is 2.14. The molecule has 0 N–H and O–H groups in total. The van der Waals surface area contributed by atoms with Gasteiger partial charge in [0.05, 0.1) is 5.69 Å². The van der Waals surface area contributed by atoms with Crippen LogP contribution in [0.2, 0.25) is 0 Å². The van der Waals surface area contributed by atoms with E-state index in [1.165, 1.54) is 18.5 Å². The summed E-state index contributed by atoms with van der Waals surface area (Å²) in [4.78, 5) is 0. The van der Waals surface area contributed by atoms with Gasteiger partial charge in [-0.05, 0) is 37.7 Å². The van der Waals surface area contributed by atoms with Crippen LogP contribution in [0.5, 0.6) is 0 Å². The molecule has 0 atom stereocenters. The monoisotopic (exact) mass is 178 g/mol. The Morgan fingerprint density at radius 3 is 2.77 bits per heavy atom. The van der Waals surface area contributed by atoms with Crippen LogP contribution in [0.15, 0.2) is 6.07 Å². The molecule has 1 aliphatic carbocycles. The Hall–Kier alpha value is -0.790. The highest BCUT2D eigenvalue weighted by Gasteiger charge is 2.23. The lowest BCUT2D eigenvalue weighted by molar-refractivity contribution is 0.524. The van der Waals surface area contributed by atoms with Crippen LogP contribution in [0.1, 0.15) is 44.0 Å². The van der Waals surface area contributed by atoms with Gasteiger partial charge in [0.25, 0.3) is 0 Å². The molecule has 1 aromatic heterocycles. The number of hydrogen-bond donors (Lipinski definition) is 0. The van der Waals surface area contributed by atoms with Gasteiger partial charge >= 0.3 is 0 Å². The van der Waals surface area contributed by atoms with Gasteiger partial charge in [-0.1, -0.05) is 13.8 Å².